The number of halogens is 5. The molecule has 0 spiro atoms. The molecule has 1 aromatic heterocycles. The van der Waals surface area contributed by atoms with Crippen molar-refractivity contribution < 1.29 is 26.3 Å². The van der Waals surface area contributed by atoms with Crippen molar-refractivity contribution in [3.63, 3.8) is 0 Å². The molecule has 0 aliphatic carbocycles. The second-order valence-corrected chi connectivity index (χ2v) is 5.61. The summed E-state index contributed by atoms with van der Waals surface area (Å²) < 4.78 is 61.7. The molecule has 0 saturated carbocycles. The molecule has 1 heterocycles. The van der Waals surface area contributed by atoms with Gasteiger partial charge in [-0.25, -0.2) is 13.4 Å². The number of aromatic nitrogens is 1. The molecule has 0 aliphatic rings. The van der Waals surface area contributed by atoms with Crippen LogP contribution in [0.25, 0.3) is 0 Å². The summed E-state index contributed by atoms with van der Waals surface area (Å²) in [6.07, 6.45) is -5.18. The van der Waals surface area contributed by atoms with E-state index in [1.165, 1.54) is 6.07 Å². The van der Waals surface area contributed by atoms with Crippen LogP contribution in [-0.4, -0.2) is 19.8 Å². The molecule has 18 heavy (non-hydrogen) atoms. The Morgan fingerprint density at radius 2 is 2.00 bits per heavy atom. The Morgan fingerprint density at radius 3 is 2.39 bits per heavy atom. The maximum absolute atomic E-state index is 12.1. The van der Waals surface area contributed by atoms with Crippen LogP contribution in [0.3, 0.4) is 0 Å². The van der Waals surface area contributed by atoms with Crippen LogP contribution in [0.4, 0.5) is 13.2 Å². The first-order valence-electron chi connectivity index (χ1n) is 3.85. The number of rotatable bonds is 2. The fourth-order valence-electron chi connectivity index (χ4n) is 0.911. The normalized spacial score (nSPS) is 12.0. The molecule has 0 saturated heterocycles. The molecule has 0 atom stereocenters. The molecule has 5 nitrogen and oxygen atoms in total. The summed E-state index contributed by atoms with van der Waals surface area (Å²) in [4.78, 5) is 3.12. The Morgan fingerprint density at radius 1 is 1.44 bits per heavy atom. The number of hydrogen-bond acceptors (Lipinski definition) is 5. The summed E-state index contributed by atoms with van der Waals surface area (Å²) in [6, 6.07) is 2.13. The molecule has 0 amide bonds. The third-order valence-corrected chi connectivity index (χ3v) is 2.92. The van der Waals surface area contributed by atoms with E-state index in [-0.39, 0.29) is 0 Å². The molecule has 1 aromatic rings. The van der Waals surface area contributed by atoms with Gasteiger partial charge >= 0.3 is 6.36 Å². The minimum Gasteiger partial charge on any atom is -0.401 e. The summed E-state index contributed by atoms with van der Waals surface area (Å²) in [5.74, 6) is -1.28. The summed E-state index contributed by atoms with van der Waals surface area (Å²) >= 11 is 5.39. The van der Waals surface area contributed by atoms with E-state index in [1.807, 2.05) is 0 Å². The summed E-state index contributed by atoms with van der Waals surface area (Å²) in [5, 5.41) is 6.48. The predicted molar refractivity (Wildman–Crippen MR) is 53.7 cm³/mol. The van der Waals surface area contributed by atoms with Gasteiger partial charge in [0.15, 0.2) is 5.75 Å². The first-order valence-corrected chi connectivity index (χ1v) is 6.54. The number of ether oxygens (including phenoxy) is 1. The molecular weight excluding hydrogens is 320 g/mol. The van der Waals surface area contributed by atoms with Crippen molar-refractivity contribution in [3.8, 4) is 11.8 Å². The van der Waals surface area contributed by atoms with Gasteiger partial charge in [-0.3, -0.25) is 0 Å². The molecule has 0 N–H and O–H groups in total. The Balaban J connectivity index is 3.55. The van der Waals surface area contributed by atoms with Crippen molar-refractivity contribution in [2.24, 2.45) is 0 Å². The number of alkyl halides is 3. The molecule has 0 bridgehead atoms. The maximum atomic E-state index is 12.1. The summed E-state index contributed by atoms with van der Waals surface area (Å²) in [5.41, 5.74) is -0.520. The van der Waals surface area contributed by atoms with Crippen LogP contribution in [0, 0.1) is 11.3 Å². The van der Waals surface area contributed by atoms with Crippen LogP contribution in [0.1, 0.15) is 5.69 Å². The van der Waals surface area contributed by atoms with Gasteiger partial charge in [0.25, 0.3) is 9.05 Å². The standard InChI is InChI=1S/C7HCl2F3N2O3S/c8-4-1-3(2-13)14-6(18(9,15)16)5(4)17-7(10,11)12/h1H. The van der Waals surface area contributed by atoms with E-state index in [2.05, 4.69) is 9.72 Å². The fourth-order valence-corrected chi connectivity index (χ4v) is 2.09. The van der Waals surface area contributed by atoms with Crippen LogP contribution in [0.15, 0.2) is 11.1 Å². The van der Waals surface area contributed by atoms with Gasteiger partial charge in [-0.1, -0.05) is 11.6 Å². The van der Waals surface area contributed by atoms with Gasteiger partial charge in [-0.05, 0) is 6.07 Å². The second kappa shape index (κ2) is 4.79. The monoisotopic (exact) mass is 320 g/mol. The topological polar surface area (TPSA) is 80.0 Å². The SMILES string of the molecule is N#Cc1cc(Cl)c(OC(F)(F)F)c(S(=O)(=O)Cl)n1. The van der Waals surface area contributed by atoms with E-state index in [1.54, 1.807) is 0 Å². The molecule has 11 heteroatoms. The van der Waals surface area contributed by atoms with Gasteiger partial charge in [0.05, 0.1) is 5.02 Å². The molecule has 1 rings (SSSR count). The van der Waals surface area contributed by atoms with Crippen LogP contribution >= 0.6 is 22.3 Å². The van der Waals surface area contributed by atoms with E-state index in [0.29, 0.717) is 6.07 Å². The lowest BCUT2D eigenvalue weighted by molar-refractivity contribution is -0.275. The number of hydrogen-bond donors (Lipinski definition) is 0. The molecule has 0 aliphatic heterocycles. The zero-order valence-corrected chi connectivity index (χ0v) is 10.3. The molecule has 0 unspecified atom stereocenters. The average Bonchev–Trinajstić information content (AvgIpc) is 2.17. The van der Waals surface area contributed by atoms with E-state index in [9.17, 15) is 21.6 Å². The Kier molecular flexibility index (Phi) is 3.95. The van der Waals surface area contributed by atoms with Crippen molar-refractivity contribution in [1.29, 1.82) is 5.26 Å². The van der Waals surface area contributed by atoms with Gasteiger partial charge in [-0.2, -0.15) is 5.26 Å². The minimum absolute atomic E-state index is 0.520. The first kappa shape index (κ1) is 14.8. The van der Waals surface area contributed by atoms with Crippen LogP contribution in [-0.2, 0) is 9.05 Å². The molecule has 0 aromatic carbocycles. The Hall–Kier alpha value is -1.24. The number of nitriles is 1. The van der Waals surface area contributed by atoms with E-state index in [4.69, 9.17) is 27.5 Å². The smallest absolute Gasteiger partial charge is 0.401 e. The summed E-state index contributed by atoms with van der Waals surface area (Å²) in [6.45, 7) is 0. The lowest BCUT2D eigenvalue weighted by Crippen LogP contribution is -2.19. The van der Waals surface area contributed by atoms with E-state index >= 15 is 0 Å². The third kappa shape index (κ3) is 3.63. The number of pyridine rings is 1. The Bertz CT molecular complexity index is 624. The molecule has 98 valence electrons. The van der Waals surface area contributed by atoms with Crippen LogP contribution < -0.4 is 4.74 Å². The highest BCUT2D eigenvalue weighted by molar-refractivity contribution is 8.13. The zero-order chi connectivity index (χ0) is 14.1. The van der Waals surface area contributed by atoms with Crippen molar-refractivity contribution in [2.75, 3.05) is 0 Å². The highest BCUT2D eigenvalue weighted by atomic mass is 35.7. The average molecular weight is 321 g/mol. The van der Waals surface area contributed by atoms with Gasteiger partial charge in [0.1, 0.15) is 11.8 Å². The van der Waals surface area contributed by atoms with Gasteiger partial charge in [0.2, 0.25) is 5.03 Å². The second-order valence-electron chi connectivity index (χ2n) is 2.72. The maximum Gasteiger partial charge on any atom is 0.573 e. The minimum atomic E-state index is -5.18. The third-order valence-electron chi connectivity index (χ3n) is 1.46. The lowest BCUT2D eigenvalue weighted by atomic mass is 10.3. The largest absolute Gasteiger partial charge is 0.573 e. The van der Waals surface area contributed by atoms with Crippen molar-refractivity contribution >= 4 is 31.3 Å². The van der Waals surface area contributed by atoms with Crippen LogP contribution in [0.2, 0.25) is 5.02 Å². The van der Waals surface area contributed by atoms with Crippen molar-refractivity contribution in [1.82, 2.24) is 4.98 Å². The van der Waals surface area contributed by atoms with Crippen molar-refractivity contribution in [2.45, 2.75) is 11.4 Å². The highest BCUT2D eigenvalue weighted by Crippen LogP contribution is 2.36. The fraction of sp³-hybridized carbons (Fsp3) is 0.143. The van der Waals surface area contributed by atoms with Gasteiger partial charge in [0, 0.05) is 10.7 Å². The Labute approximate surface area is 108 Å². The zero-order valence-electron chi connectivity index (χ0n) is 7.99. The summed E-state index contributed by atoms with van der Waals surface area (Å²) in [7, 11) is 0.227. The quantitative estimate of drug-likeness (QED) is 0.782. The molecular formula is C7HCl2F3N2O3S. The predicted octanol–water partition coefficient (Wildman–Crippen LogP) is 2.43. The van der Waals surface area contributed by atoms with Gasteiger partial charge < -0.3 is 4.74 Å². The highest BCUT2D eigenvalue weighted by Gasteiger charge is 2.36. The first-order chi connectivity index (χ1) is 8.04. The van der Waals surface area contributed by atoms with E-state index < -0.39 is 36.9 Å². The number of nitrogens with zero attached hydrogens (tertiary/aromatic N) is 2. The van der Waals surface area contributed by atoms with E-state index in [0.717, 1.165) is 0 Å². The van der Waals surface area contributed by atoms with Gasteiger partial charge in [-0.15, -0.1) is 13.2 Å². The van der Waals surface area contributed by atoms with Crippen LogP contribution in [0.5, 0.6) is 5.75 Å². The van der Waals surface area contributed by atoms with Crippen molar-refractivity contribution in [3.05, 3.63) is 16.8 Å². The lowest BCUT2D eigenvalue weighted by Gasteiger charge is -2.12. The molecule has 0 radical (unpaired) electrons. The molecule has 0 fully saturated rings.